The molecule has 0 aromatic heterocycles. The van der Waals surface area contributed by atoms with Gasteiger partial charge < -0.3 is 10.1 Å². The predicted octanol–water partition coefficient (Wildman–Crippen LogP) is 6.84. The summed E-state index contributed by atoms with van der Waals surface area (Å²) in [6.07, 6.45) is 1.71. The van der Waals surface area contributed by atoms with Gasteiger partial charge in [0.25, 0.3) is 5.91 Å². The highest BCUT2D eigenvalue weighted by molar-refractivity contribution is 9.10. The van der Waals surface area contributed by atoms with E-state index in [0.717, 1.165) is 5.56 Å². The van der Waals surface area contributed by atoms with Gasteiger partial charge >= 0.3 is 0 Å². The molecule has 3 rings (SSSR count). The van der Waals surface area contributed by atoms with Crippen molar-refractivity contribution in [1.82, 2.24) is 0 Å². The van der Waals surface area contributed by atoms with E-state index in [-0.39, 0.29) is 12.5 Å². The molecule has 0 radical (unpaired) electrons. The molecule has 4 nitrogen and oxygen atoms in total. The van der Waals surface area contributed by atoms with Crippen molar-refractivity contribution in [3.63, 3.8) is 0 Å². The van der Waals surface area contributed by atoms with E-state index < -0.39 is 0 Å². The van der Waals surface area contributed by atoms with E-state index in [1.807, 2.05) is 18.2 Å². The first-order valence-corrected chi connectivity index (χ1v) is 10.4. The number of benzene rings is 3. The number of nitrogens with one attached hydrogen (secondary N) is 1. The fraction of sp³-hybridized carbons (Fsp3) is 0.0435. The van der Waals surface area contributed by atoms with Crippen LogP contribution in [-0.2, 0) is 4.79 Å². The Morgan fingerprint density at radius 2 is 1.87 bits per heavy atom. The number of amides is 1. The quantitative estimate of drug-likeness (QED) is 0.297. The van der Waals surface area contributed by atoms with Crippen LogP contribution in [0.15, 0.2) is 71.2 Å². The van der Waals surface area contributed by atoms with Crippen LogP contribution < -0.4 is 10.1 Å². The first kappa shape index (κ1) is 21.9. The molecule has 0 fully saturated rings. The third kappa shape index (κ3) is 5.87. The molecule has 0 heterocycles. The smallest absolute Gasteiger partial charge is 0.262 e. The first-order chi connectivity index (χ1) is 14.5. The number of carbonyl (C=O) groups excluding carboxylic acids is 1. The second-order valence-corrected chi connectivity index (χ2v) is 7.88. The highest BCUT2D eigenvalue weighted by atomic mass is 79.9. The summed E-state index contributed by atoms with van der Waals surface area (Å²) in [4.78, 5) is 12.0. The van der Waals surface area contributed by atoms with E-state index in [0.29, 0.717) is 37.1 Å². The lowest BCUT2D eigenvalue weighted by molar-refractivity contribution is -0.118. The minimum Gasteiger partial charge on any atom is -0.483 e. The summed E-state index contributed by atoms with van der Waals surface area (Å²) in [5, 5.41) is 13.2. The predicted molar refractivity (Wildman–Crippen MR) is 125 cm³/mol. The molecule has 0 atom stereocenters. The number of hydrogen-bond acceptors (Lipinski definition) is 3. The summed E-state index contributed by atoms with van der Waals surface area (Å²) < 4.78 is 6.25. The van der Waals surface area contributed by atoms with E-state index in [2.05, 4.69) is 27.3 Å². The van der Waals surface area contributed by atoms with Gasteiger partial charge in [0.15, 0.2) is 6.61 Å². The van der Waals surface area contributed by atoms with Crippen molar-refractivity contribution in [3.8, 4) is 11.8 Å². The molecule has 0 aliphatic heterocycles. The van der Waals surface area contributed by atoms with Gasteiger partial charge in [-0.1, -0.05) is 53.5 Å². The Labute approximate surface area is 192 Å². The van der Waals surface area contributed by atoms with Gasteiger partial charge in [0, 0.05) is 16.3 Å². The number of nitriles is 1. The molecular formula is C23H15BrCl2N2O2. The van der Waals surface area contributed by atoms with E-state index in [4.69, 9.17) is 27.9 Å². The molecule has 0 spiro atoms. The highest BCUT2D eigenvalue weighted by Gasteiger charge is 2.10. The van der Waals surface area contributed by atoms with Crippen molar-refractivity contribution in [2.75, 3.05) is 11.9 Å². The number of rotatable bonds is 6. The van der Waals surface area contributed by atoms with Gasteiger partial charge in [0.05, 0.1) is 21.1 Å². The SMILES string of the molecule is N#C/C(=C\c1ccc(OCC(=O)Nc2ccccc2)c(Br)c1)c1ccc(Cl)cc1Cl. The number of anilines is 1. The lowest BCUT2D eigenvalue weighted by Gasteiger charge is -2.10. The normalized spacial score (nSPS) is 10.9. The van der Waals surface area contributed by atoms with Crippen LogP contribution in [0.5, 0.6) is 5.75 Å². The van der Waals surface area contributed by atoms with Crippen LogP contribution in [0.3, 0.4) is 0 Å². The summed E-state index contributed by atoms with van der Waals surface area (Å²) in [7, 11) is 0. The van der Waals surface area contributed by atoms with Gasteiger partial charge in [-0.05, 0) is 64.0 Å². The van der Waals surface area contributed by atoms with Crippen molar-refractivity contribution in [2.24, 2.45) is 0 Å². The largest absolute Gasteiger partial charge is 0.483 e. The highest BCUT2D eigenvalue weighted by Crippen LogP contribution is 2.31. The third-order valence-corrected chi connectivity index (χ3v) is 5.19. The Hall–Kier alpha value is -2.78. The molecule has 0 aliphatic rings. The Bertz CT molecular complexity index is 1140. The molecule has 0 unspecified atom stereocenters. The van der Waals surface area contributed by atoms with Crippen molar-refractivity contribution < 1.29 is 9.53 Å². The van der Waals surface area contributed by atoms with E-state index in [1.54, 1.807) is 54.6 Å². The average Bonchev–Trinajstić information content (AvgIpc) is 2.72. The standard InChI is InChI=1S/C23H15BrCl2N2O2/c24-20-11-15(10-16(13-27)19-8-7-17(25)12-21(19)26)6-9-22(20)30-14-23(29)28-18-4-2-1-3-5-18/h1-12H,14H2,(H,28,29)/b16-10+. The van der Waals surface area contributed by atoms with Gasteiger partial charge in [-0.2, -0.15) is 5.26 Å². The number of carbonyl (C=O) groups is 1. The van der Waals surface area contributed by atoms with Crippen LogP contribution in [0.4, 0.5) is 5.69 Å². The number of hydrogen-bond donors (Lipinski definition) is 1. The molecular weight excluding hydrogens is 487 g/mol. The second kappa shape index (κ2) is 10.3. The summed E-state index contributed by atoms with van der Waals surface area (Å²) in [5.74, 6) is 0.250. The second-order valence-electron chi connectivity index (χ2n) is 6.19. The van der Waals surface area contributed by atoms with Gasteiger partial charge in [-0.25, -0.2) is 0 Å². The molecule has 3 aromatic rings. The Morgan fingerprint density at radius 1 is 1.10 bits per heavy atom. The summed E-state index contributed by atoms with van der Waals surface area (Å²) in [5.41, 5.74) is 2.47. The summed E-state index contributed by atoms with van der Waals surface area (Å²) >= 11 is 15.6. The molecule has 0 bridgehead atoms. The van der Waals surface area contributed by atoms with Crippen LogP contribution in [-0.4, -0.2) is 12.5 Å². The number of halogens is 3. The Balaban J connectivity index is 1.70. The number of allylic oxidation sites excluding steroid dienone is 1. The van der Waals surface area contributed by atoms with Gasteiger partial charge in [-0.15, -0.1) is 0 Å². The lowest BCUT2D eigenvalue weighted by atomic mass is 10.0. The fourth-order valence-corrected chi connectivity index (χ4v) is 3.65. The third-order valence-electron chi connectivity index (χ3n) is 4.03. The zero-order valence-corrected chi connectivity index (χ0v) is 18.6. The molecule has 0 aliphatic carbocycles. The minimum absolute atomic E-state index is 0.132. The van der Waals surface area contributed by atoms with E-state index >= 15 is 0 Å². The molecule has 30 heavy (non-hydrogen) atoms. The average molecular weight is 502 g/mol. The topological polar surface area (TPSA) is 62.1 Å². The van der Waals surface area contributed by atoms with Crippen molar-refractivity contribution >= 4 is 62.4 Å². The Morgan fingerprint density at radius 3 is 2.53 bits per heavy atom. The maximum Gasteiger partial charge on any atom is 0.262 e. The molecule has 0 saturated heterocycles. The lowest BCUT2D eigenvalue weighted by Crippen LogP contribution is -2.20. The molecule has 0 saturated carbocycles. The molecule has 150 valence electrons. The first-order valence-electron chi connectivity index (χ1n) is 8.81. The summed E-state index contributed by atoms with van der Waals surface area (Å²) in [6.45, 7) is -0.132. The van der Waals surface area contributed by atoms with Crippen molar-refractivity contribution in [3.05, 3.63) is 92.4 Å². The molecule has 3 aromatic carbocycles. The van der Waals surface area contributed by atoms with Crippen LogP contribution in [0.1, 0.15) is 11.1 Å². The van der Waals surface area contributed by atoms with Gasteiger partial charge in [0.1, 0.15) is 5.75 Å². The number of nitrogens with zero attached hydrogens (tertiary/aromatic N) is 1. The zero-order chi connectivity index (χ0) is 21.5. The van der Waals surface area contributed by atoms with Crippen LogP contribution in [0.2, 0.25) is 10.0 Å². The van der Waals surface area contributed by atoms with Crippen LogP contribution in [0, 0.1) is 11.3 Å². The van der Waals surface area contributed by atoms with Crippen LogP contribution in [0.25, 0.3) is 11.6 Å². The van der Waals surface area contributed by atoms with E-state index in [9.17, 15) is 10.1 Å². The molecule has 1 amide bonds. The van der Waals surface area contributed by atoms with Crippen molar-refractivity contribution in [2.45, 2.75) is 0 Å². The maximum atomic E-state index is 12.0. The Kier molecular flexibility index (Phi) is 7.53. The van der Waals surface area contributed by atoms with E-state index in [1.165, 1.54) is 0 Å². The van der Waals surface area contributed by atoms with Gasteiger partial charge in [0.2, 0.25) is 0 Å². The monoisotopic (exact) mass is 500 g/mol. The fourth-order valence-electron chi connectivity index (χ4n) is 2.63. The summed E-state index contributed by atoms with van der Waals surface area (Å²) in [6, 6.07) is 21.6. The number of para-hydroxylation sites is 1. The molecule has 7 heteroatoms. The number of ether oxygens (including phenoxy) is 1. The van der Waals surface area contributed by atoms with Gasteiger partial charge in [-0.3, -0.25) is 4.79 Å². The minimum atomic E-state index is -0.263. The van der Waals surface area contributed by atoms with Crippen molar-refractivity contribution in [1.29, 1.82) is 5.26 Å². The van der Waals surface area contributed by atoms with Crippen LogP contribution >= 0.6 is 39.1 Å². The molecule has 1 N–H and O–H groups in total. The maximum absolute atomic E-state index is 12.0. The zero-order valence-electron chi connectivity index (χ0n) is 15.5.